The minimum atomic E-state index is -2.69. The van der Waals surface area contributed by atoms with E-state index in [0.29, 0.717) is 0 Å². The Bertz CT molecular complexity index is 676. The topological polar surface area (TPSA) is 105 Å². The van der Waals surface area contributed by atoms with Crippen LogP contribution in [0.15, 0.2) is 15.7 Å². The number of alkyl halides is 1. The monoisotopic (exact) mass is 284 g/mol. The molecule has 3 N–H and O–H groups in total. The Labute approximate surface area is 112 Å². The Hall–Kier alpha value is -1.95. The lowest BCUT2D eigenvalue weighted by molar-refractivity contribution is -0.0552. The summed E-state index contributed by atoms with van der Waals surface area (Å²) in [5, 5.41) is 18.8. The van der Waals surface area contributed by atoms with Crippen molar-refractivity contribution in [3.05, 3.63) is 32.6 Å². The number of halogens is 1. The molecule has 1 saturated heterocycles. The van der Waals surface area contributed by atoms with Crippen molar-refractivity contribution in [1.82, 2.24) is 9.55 Å². The van der Waals surface area contributed by atoms with E-state index in [-0.39, 0.29) is 5.69 Å². The van der Waals surface area contributed by atoms with E-state index in [1.54, 1.807) is 5.92 Å². The summed E-state index contributed by atoms with van der Waals surface area (Å²) in [5.74, 6) is 1.77. The van der Waals surface area contributed by atoms with E-state index in [0.717, 1.165) is 10.6 Å². The molecule has 0 aliphatic carbocycles. The summed E-state index contributed by atoms with van der Waals surface area (Å²) in [7, 11) is 0. The fraction of sp³-hybridized carbons (Fsp3) is 0.500. The Morgan fingerprint density at radius 1 is 1.65 bits per heavy atom. The number of aryl methyl sites for hydroxylation is 1. The lowest BCUT2D eigenvalue weighted by Crippen LogP contribution is -2.45. The number of rotatable bonds is 2. The van der Waals surface area contributed by atoms with Crippen LogP contribution < -0.4 is 11.2 Å². The zero-order valence-electron chi connectivity index (χ0n) is 10.5. The third kappa shape index (κ3) is 1.96. The Kier molecular flexibility index (Phi) is 3.52. The molecule has 1 aromatic rings. The fourth-order valence-electron chi connectivity index (χ4n) is 2.22. The van der Waals surface area contributed by atoms with Crippen LogP contribution in [0, 0.1) is 19.3 Å². The number of aromatic amines is 1. The number of terminal acetylenes is 1. The van der Waals surface area contributed by atoms with E-state index in [1.165, 1.54) is 6.92 Å². The van der Waals surface area contributed by atoms with Gasteiger partial charge in [-0.1, -0.05) is 5.92 Å². The van der Waals surface area contributed by atoms with Gasteiger partial charge >= 0.3 is 5.69 Å². The molecule has 4 unspecified atom stereocenters. The maximum Gasteiger partial charge on any atom is 0.330 e. The number of aliphatic hydroxyl groups excluding tert-OH is 2. The quantitative estimate of drug-likeness (QED) is 0.570. The van der Waals surface area contributed by atoms with Crippen molar-refractivity contribution in [1.29, 1.82) is 0 Å². The number of hydrogen-bond donors (Lipinski definition) is 3. The van der Waals surface area contributed by atoms with Crippen molar-refractivity contribution in [3.63, 3.8) is 0 Å². The Morgan fingerprint density at radius 3 is 2.80 bits per heavy atom. The lowest BCUT2D eigenvalue weighted by Gasteiger charge is -2.25. The van der Waals surface area contributed by atoms with Crippen molar-refractivity contribution >= 4 is 0 Å². The highest BCUT2D eigenvalue weighted by molar-refractivity contribution is 5.20. The number of ether oxygens (including phenoxy) is 1. The van der Waals surface area contributed by atoms with Gasteiger partial charge in [0, 0.05) is 11.8 Å². The molecule has 0 radical (unpaired) electrons. The third-order valence-electron chi connectivity index (χ3n) is 3.25. The van der Waals surface area contributed by atoms with Crippen molar-refractivity contribution in [2.24, 2.45) is 0 Å². The van der Waals surface area contributed by atoms with Crippen LogP contribution in [0.1, 0.15) is 11.9 Å². The molecule has 0 saturated carbocycles. The Morgan fingerprint density at radius 2 is 2.30 bits per heavy atom. The van der Waals surface area contributed by atoms with Gasteiger partial charge in [-0.2, -0.15) is 0 Å². The summed E-state index contributed by atoms with van der Waals surface area (Å²) >= 11 is 0. The predicted octanol–water partition coefficient (Wildman–Crippen LogP) is -1.56. The van der Waals surface area contributed by atoms with Crippen molar-refractivity contribution in [3.8, 4) is 12.3 Å². The van der Waals surface area contributed by atoms with Crippen LogP contribution in [0.4, 0.5) is 4.39 Å². The zero-order valence-corrected chi connectivity index (χ0v) is 10.5. The highest BCUT2D eigenvalue weighted by Crippen LogP contribution is 2.40. The molecule has 0 bridgehead atoms. The van der Waals surface area contributed by atoms with E-state index >= 15 is 0 Å². The van der Waals surface area contributed by atoms with Gasteiger partial charge in [0.2, 0.25) is 5.67 Å². The summed E-state index contributed by atoms with van der Waals surface area (Å²) in [6, 6.07) is 1.07. The second-order valence-corrected chi connectivity index (χ2v) is 4.52. The van der Waals surface area contributed by atoms with Crippen molar-refractivity contribution < 1.29 is 19.3 Å². The first-order valence-electron chi connectivity index (χ1n) is 5.78. The van der Waals surface area contributed by atoms with Crippen LogP contribution >= 0.6 is 0 Å². The average Bonchev–Trinajstić information content (AvgIpc) is 2.63. The Balaban J connectivity index is 2.61. The van der Waals surface area contributed by atoms with Crippen molar-refractivity contribution in [2.45, 2.75) is 31.0 Å². The third-order valence-corrected chi connectivity index (χ3v) is 3.25. The molecule has 0 spiro atoms. The van der Waals surface area contributed by atoms with E-state index in [2.05, 4.69) is 0 Å². The van der Waals surface area contributed by atoms with Gasteiger partial charge in [0.25, 0.3) is 5.56 Å². The standard InChI is InChI=1S/C12H13FN2O5/c1-3-12(13)9(18)7(5-16)20-10(12)15-6(2)4-8(17)14-11(15)19/h1,4,7,9-10,16,18H,5H2,2H3,(H,14,17,19). The van der Waals surface area contributed by atoms with E-state index in [1.807, 2.05) is 4.98 Å². The molecule has 1 aliphatic rings. The first-order valence-corrected chi connectivity index (χ1v) is 5.78. The molecule has 2 rings (SSSR count). The number of H-pyrrole nitrogens is 1. The molecule has 7 nitrogen and oxygen atoms in total. The van der Waals surface area contributed by atoms with Gasteiger partial charge < -0.3 is 14.9 Å². The van der Waals surface area contributed by atoms with E-state index < -0.39 is 42.0 Å². The van der Waals surface area contributed by atoms with Crippen LogP contribution in [0.5, 0.6) is 0 Å². The van der Waals surface area contributed by atoms with Gasteiger partial charge in [-0.25, -0.2) is 9.18 Å². The smallest absolute Gasteiger partial charge is 0.330 e. The predicted molar refractivity (Wildman–Crippen MR) is 65.7 cm³/mol. The molecule has 0 amide bonds. The largest absolute Gasteiger partial charge is 0.394 e. The van der Waals surface area contributed by atoms with Crippen LogP contribution in [0.3, 0.4) is 0 Å². The van der Waals surface area contributed by atoms with Gasteiger partial charge in [0.1, 0.15) is 12.2 Å². The minimum absolute atomic E-state index is 0.117. The highest BCUT2D eigenvalue weighted by atomic mass is 19.1. The number of aliphatic hydroxyl groups is 2. The maximum atomic E-state index is 14.7. The van der Waals surface area contributed by atoms with E-state index in [9.17, 15) is 19.1 Å². The van der Waals surface area contributed by atoms with Crippen LogP contribution in [-0.2, 0) is 4.74 Å². The molecule has 8 heteroatoms. The SMILES string of the molecule is C#CC1(F)C(O)C(CO)OC1n1c(C)cc(=O)[nH]c1=O. The normalized spacial score (nSPS) is 33.0. The molecule has 1 fully saturated rings. The lowest BCUT2D eigenvalue weighted by atomic mass is 9.97. The molecule has 1 aliphatic heterocycles. The fourth-order valence-corrected chi connectivity index (χ4v) is 2.22. The second kappa shape index (κ2) is 4.86. The molecule has 2 heterocycles. The van der Waals surface area contributed by atoms with Crippen LogP contribution in [0.25, 0.3) is 0 Å². The van der Waals surface area contributed by atoms with E-state index in [4.69, 9.17) is 16.3 Å². The van der Waals surface area contributed by atoms with Crippen LogP contribution in [0.2, 0.25) is 0 Å². The second-order valence-electron chi connectivity index (χ2n) is 4.52. The maximum absolute atomic E-state index is 14.7. The highest BCUT2D eigenvalue weighted by Gasteiger charge is 2.57. The molecule has 4 atom stereocenters. The molecular formula is C12H13FN2O5. The average molecular weight is 284 g/mol. The molecule has 20 heavy (non-hydrogen) atoms. The zero-order chi connectivity index (χ0) is 15.1. The van der Waals surface area contributed by atoms with Gasteiger partial charge in [0.05, 0.1) is 6.61 Å². The summed E-state index contributed by atoms with van der Waals surface area (Å²) in [6.07, 6.45) is 0.409. The summed E-state index contributed by atoms with van der Waals surface area (Å²) in [4.78, 5) is 24.9. The molecule has 1 aromatic heterocycles. The number of aromatic nitrogens is 2. The summed E-state index contributed by atoms with van der Waals surface area (Å²) in [6.45, 7) is 0.734. The van der Waals surface area contributed by atoms with Crippen LogP contribution in [-0.4, -0.2) is 44.2 Å². The van der Waals surface area contributed by atoms with Crippen molar-refractivity contribution in [2.75, 3.05) is 6.61 Å². The first kappa shape index (κ1) is 14.5. The van der Waals surface area contributed by atoms with Gasteiger partial charge in [-0.05, 0) is 6.92 Å². The molecule has 108 valence electrons. The molecular weight excluding hydrogens is 271 g/mol. The summed E-state index contributed by atoms with van der Waals surface area (Å²) in [5.41, 5.74) is -4.14. The first-order chi connectivity index (χ1) is 9.35. The summed E-state index contributed by atoms with van der Waals surface area (Å²) < 4.78 is 20.7. The minimum Gasteiger partial charge on any atom is -0.394 e. The number of hydrogen-bond acceptors (Lipinski definition) is 5. The molecule has 0 aromatic carbocycles. The number of nitrogens with one attached hydrogen (secondary N) is 1. The van der Waals surface area contributed by atoms with Gasteiger partial charge in [-0.3, -0.25) is 14.3 Å². The van der Waals surface area contributed by atoms with Gasteiger partial charge in [-0.15, -0.1) is 6.42 Å². The van der Waals surface area contributed by atoms with Gasteiger partial charge in [0.15, 0.2) is 6.23 Å². The number of nitrogens with zero attached hydrogens (tertiary/aromatic N) is 1.